The van der Waals surface area contributed by atoms with E-state index >= 15 is 0 Å². The largest absolute Gasteiger partial charge is 0.491 e. The molecule has 4 heteroatoms. The number of aliphatic hydroxyl groups is 2. The van der Waals surface area contributed by atoms with Crippen molar-refractivity contribution in [2.75, 3.05) is 13.2 Å². The summed E-state index contributed by atoms with van der Waals surface area (Å²) in [6, 6.07) is 9.99. The second-order valence-corrected chi connectivity index (χ2v) is 8.02. The summed E-state index contributed by atoms with van der Waals surface area (Å²) >= 11 is 0. The molecule has 2 aromatic carbocycles. The second-order valence-electron chi connectivity index (χ2n) is 8.02. The first-order chi connectivity index (χ1) is 14.0. The maximum Gasteiger partial charge on any atom is 0.130 e. The molecule has 0 aliphatic rings. The molecule has 29 heavy (non-hydrogen) atoms. The molecule has 0 aliphatic heterocycles. The van der Waals surface area contributed by atoms with Crippen LogP contribution in [0.15, 0.2) is 30.3 Å². The Morgan fingerprint density at radius 2 is 1.41 bits per heavy atom. The van der Waals surface area contributed by atoms with E-state index in [0.717, 1.165) is 79.2 Å². The van der Waals surface area contributed by atoms with Crippen LogP contribution in [-0.4, -0.2) is 35.6 Å². The Morgan fingerprint density at radius 1 is 0.793 bits per heavy atom. The van der Waals surface area contributed by atoms with Gasteiger partial charge in [-0.3, -0.25) is 0 Å². The van der Waals surface area contributed by atoms with Crippen LogP contribution < -0.4 is 9.47 Å². The number of aliphatic hydroxyl groups excluding tert-OH is 2. The summed E-state index contributed by atoms with van der Waals surface area (Å²) in [6.07, 6.45) is 7.33. The Hall–Kier alpha value is -1.78. The zero-order valence-electron chi connectivity index (χ0n) is 18.3. The Balaban J connectivity index is 1.98. The van der Waals surface area contributed by atoms with Crippen molar-refractivity contribution in [3.63, 3.8) is 0 Å². The average molecular weight is 403 g/mol. The molecule has 0 fully saturated rings. The molecule has 0 radical (unpaired) electrons. The van der Waals surface area contributed by atoms with Crippen molar-refractivity contribution < 1.29 is 19.7 Å². The molecular formula is C25H38O4. The third-order valence-electron chi connectivity index (χ3n) is 5.28. The fourth-order valence-corrected chi connectivity index (χ4v) is 3.47. The lowest BCUT2D eigenvalue weighted by molar-refractivity contribution is 0.0976. The molecule has 2 N–H and O–H groups in total. The highest BCUT2D eigenvalue weighted by molar-refractivity contribution is 5.90. The van der Waals surface area contributed by atoms with Crippen LogP contribution >= 0.6 is 0 Å². The third kappa shape index (κ3) is 7.87. The molecule has 2 atom stereocenters. The van der Waals surface area contributed by atoms with Crippen molar-refractivity contribution in [1.82, 2.24) is 0 Å². The number of ether oxygens (including phenoxy) is 2. The van der Waals surface area contributed by atoms with Crippen molar-refractivity contribution in [3.05, 3.63) is 35.9 Å². The van der Waals surface area contributed by atoms with Gasteiger partial charge in [-0.15, -0.1) is 0 Å². The summed E-state index contributed by atoms with van der Waals surface area (Å²) in [7, 11) is 0. The van der Waals surface area contributed by atoms with E-state index < -0.39 is 12.2 Å². The van der Waals surface area contributed by atoms with E-state index in [9.17, 15) is 10.2 Å². The standard InChI is InChI=1S/C25H38O4/c1-4-6-8-10-21(26)17-28-23-14-15-24-20(16-23)13-12-19(3)25(24)29-18-22(27)11-9-7-5-2/h12-16,21-22,26-27H,4-11,17-18H2,1-3H3. The number of unbranched alkanes of at least 4 members (excludes halogenated alkanes) is 4. The normalized spacial score (nSPS) is 13.4. The maximum atomic E-state index is 10.2. The molecular weight excluding hydrogens is 364 g/mol. The number of rotatable bonds is 14. The highest BCUT2D eigenvalue weighted by Gasteiger charge is 2.11. The quantitative estimate of drug-likeness (QED) is 0.393. The monoisotopic (exact) mass is 402 g/mol. The summed E-state index contributed by atoms with van der Waals surface area (Å²) in [4.78, 5) is 0. The predicted octanol–water partition coefficient (Wildman–Crippen LogP) is 5.79. The Bertz CT molecular complexity index is 728. The van der Waals surface area contributed by atoms with Gasteiger partial charge in [-0.1, -0.05) is 64.5 Å². The summed E-state index contributed by atoms with van der Waals surface area (Å²) in [5.74, 6) is 1.57. The molecule has 2 aromatic rings. The first-order valence-corrected chi connectivity index (χ1v) is 11.2. The number of hydrogen-bond acceptors (Lipinski definition) is 4. The van der Waals surface area contributed by atoms with E-state index in [0.29, 0.717) is 13.2 Å². The van der Waals surface area contributed by atoms with Gasteiger partial charge in [0.1, 0.15) is 24.7 Å². The lowest BCUT2D eigenvalue weighted by Crippen LogP contribution is -2.18. The molecule has 162 valence electrons. The number of fused-ring (bicyclic) bond motifs is 1. The number of benzene rings is 2. The Labute approximate surface area is 175 Å². The molecule has 0 heterocycles. The van der Waals surface area contributed by atoms with Crippen LogP contribution in [0.5, 0.6) is 11.5 Å². The summed E-state index contributed by atoms with van der Waals surface area (Å²) in [5.41, 5.74) is 1.05. The van der Waals surface area contributed by atoms with Crippen molar-refractivity contribution in [1.29, 1.82) is 0 Å². The molecule has 0 spiro atoms. The molecule has 0 aromatic heterocycles. The van der Waals surface area contributed by atoms with Gasteiger partial charge in [-0.2, -0.15) is 0 Å². The molecule has 0 saturated heterocycles. The predicted molar refractivity (Wildman–Crippen MR) is 120 cm³/mol. The zero-order valence-corrected chi connectivity index (χ0v) is 18.3. The molecule has 0 bridgehead atoms. The van der Waals surface area contributed by atoms with Gasteiger partial charge in [-0.05, 0) is 48.9 Å². The van der Waals surface area contributed by atoms with E-state index in [1.165, 1.54) is 0 Å². The molecule has 2 unspecified atom stereocenters. The summed E-state index contributed by atoms with van der Waals surface area (Å²) in [5, 5.41) is 22.3. The first kappa shape index (κ1) is 23.5. The first-order valence-electron chi connectivity index (χ1n) is 11.2. The van der Waals surface area contributed by atoms with Crippen LogP contribution in [0.2, 0.25) is 0 Å². The number of aryl methyl sites for hydroxylation is 1. The fraction of sp³-hybridized carbons (Fsp3) is 0.600. The minimum atomic E-state index is -0.437. The lowest BCUT2D eigenvalue weighted by Gasteiger charge is -2.17. The van der Waals surface area contributed by atoms with Gasteiger partial charge >= 0.3 is 0 Å². The van der Waals surface area contributed by atoms with Crippen LogP contribution in [0.4, 0.5) is 0 Å². The van der Waals surface area contributed by atoms with Gasteiger partial charge < -0.3 is 19.7 Å². The smallest absolute Gasteiger partial charge is 0.130 e. The minimum Gasteiger partial charge on any atom is -0.491 e. The van der Waals surface area contributed by atoms with E-state index in [1.54, 1.807) is 0 Å². The van der Waals surface area contributed by atoms with E-state index in [2.05, 4.69) is 19.9 Å². The van der Waals surface area contributed by atoms with Crippen LogP contribution in [-0.2, 0) is 0 Å². The lowest BCUT2D eigenvalue weighted by atomic mass is 10.1. The van der Waals surface area contributed by atoms with Gasteiger partial charge in [0.2, 0.25) is 0 Å². The number of hydrogen-bond donors (Lipinski definition) is 2. The highest BCUT2D eigenvalue weighted by Crippen LogP contribution is 2.32. The Morgan fingerprint density at radius 3 is 2.03 bits per heavy atom. The van der Waals surface area contributed by atoms with Gasteiger partial charge in [0, 0.05) is 5.39 Å². The minimum absolute atomic E-state index is 0.311. The highest BCUT2D eigenvalue weighted by atomic mass is 16.5. The summed E-state index contributed by atoms with van der Waals surface area (Å²) in [6.45, 7) is 6.97. The topological polar surface area (TPSA) is 58.9 Å². The van der Waals surface area contributed by atoms with Gasteiger partial charge in [0.15, 0.2) is 0 Å². The van der Waals surface area contributed by atoms with E-state index in [-0.39, 0.29) is 0 Å². The van der Waals surface area contributed by atoms with E-state index in [4.69, 9.17) is 9.47 Å². The second kappa shape index (κ2) is 12.7. The zero-order chi connectivity index (χ0) is 21.1. The average Bonchev–Trinajstić information content (AvgIpc) is 2.72. The van der Waals surface area contributed by atoms with Crippen molar-refractivity contribution in [2.24, 2.45) is 0 Å². The maximum absolute atomic E-state index is 10.2. The Kier molecular flexibility index (Phi) is 10.3. The van der Waals surface area contributed by atoms with Gasteiger partial charge in [0.25, 0.3) is 0 Å². The van der Waals surface area contributed by atoms with Crippen molar-refractivity contribution in [3.8, 4) is 11.5 Å². The molecule has 4 nitrogen and oxygen atoms in total. The third-order valence-corrected chi connectivity index (χ3v) is 5.28. The molecule has 2 rings (SSSR count). The van der Waals surface area contributed by atoms with Crippen LogP contribution in [0.25, 0.3) is 10.8 Å². The SMILES string of the molecule is CCCCCC(O)COc1ccc2c(OCC(O)CCCCC)c(C)ccc2c1. The van der Waals surface area contributed by atoms with Crippen molar-refractivity contribution in [2.45, 2.75) is 84.3 Å². The van der Waals surface area contributed by atoms with Gasteiger partial charge in [-0.25, -0.2) is 0 Å². The van der Waals surface area contributed by atoms with Crippen molar-refractivity contribution >= 4 is 10.8 Å². The van der Waals surface area contributed by atoms with Crippen LogP contribution in [0.1, 0.15) is 70.8 Å². The van der Waals surface area contributed by atoms with Crippen LogP contribution in [0, 0.1) is 6.92 Å². The molecule has 0 aliphatic carbocycles. The van der Waals surface area contributed by atoms with E-state index in [1.807, 2.05) is 31.2 Å². The molecule has 0 amide bonds. The van der Waals surface area contributed by atoms with Crippen LogP contribution in [0.3, 0.4) is 0 Å². The fourth-order valence-electron chi connectivity index (χ4n) is 3.47. The summed E-state index contributed by atoms with van der Waals surface area (Å²) < 4.78 is 11.8. The van der Waals surface area contributed by atoms with Gasteiger partial charge in [0.05, 0.1) is 12.2 Å². The molecule has 0 saturated carbocycles.